The summed E-state index contributed by atoms with van der Waals surface area (Å²) >= 11 is 0. The van der Waals surface area contributed by atoms with E-state index in [1.165, 1.54) is 22.9 Å². The Kier molecular flexibility index (Phi) is 4.63. The van der Waals surface area contributed by atoms with Gasteiger partial charge < -0.3 is 15.2 Å². The van der Waals surface area contributed by atoms with Crippen LogP contribution in [0.5, 0.6) is 5.75 Å². The van der Waals surface area contributed by atoms with Crippen LogP contribution in [0, 0.1) is 0 Å². The Labute approximate surface area is 118 Å². The van der Waals surface area contributed by atoms with E-state index in [0.29, 0.717) is 12.2 Å². The Morgan fingerprint density at radius 3 is 2.76 bits per heavy atom. The Morgan fingerprint density at radius 1 is 1.29 bits per heavy atom. The van der Waals surface area contributed by atoms with Gasteiger partial charge >= 0.3 is 6.36 Å². The molecule has 9 heteroatoms. The van der Waals surface area contributed by atoms with Gasteiger partial charge in [-0.15, -0.1) is 18.3 Å². The maximum absolute atomic E-state index is 12.3. The van der Waals surface area contributed by atoms with Gasteiger partial charge in [-0.25, -0.2) is 4.68 Å². The van der Waals surface area contributed by atoms with Gasteiger partial charge in [0.1, 0.15) is 5.69 Å². The van der Waals surface area contributed by atoms with Gasteiger partial charge in [0.05, 0.1) is 31.6 Å². The molecule has 0 aliphatic heterocycles. The molecule has 0 fully saturated rings. The second-order valence-corrected chi connectivity index (χ2v) is 4.09. The number of nitrogens with zero attached hydrogens (tertiary/aromatic N) is 3. The van der Waals surface area contributed by atoms with E-state index in [4.69, 9.17) is 5.11 Å². The fourth-order valence-electron chi connectivity index (χ4n) is 1.64. The normalized spacial score (nSPS) is 11.4. The first kappa shape index (κ1) is 15.1. The lowest BCUT2D eigenvalue weighted by atomic mass is 10.3. The van der Waals surface area contributed by atoms with Crippen LogP contribution in [0.25, 0.3) is 0 Å². The van der Waals surface area contributed by atoms with Crippen molar-refractivity contribution in [2.45, 2.75) is 19.5 Å². The van der Waals surface area contributed by atoms with Crippen molar-refractivity contribution in [1.29, 1.82) is 0 Å². The van der Waals surface area contributed by atoms with Crippen molar-refractivity contribution in [3.05, 3.63) is 36.2 Å². The molecule has 2 N–H and O–H groups in total. The van der Waals surface area contributed by atoms with Crippen LogP contribution in [-0.2, 0) is 13.1 Å². The molecule has 114 valence electrons. The average Bonchev–Trinajstić information content (AvgIpc) is 2.84. The number of hydrogen-bond acceptors (Lipinski definition) is 5. The molecule has 0 radical (unpaired) electrons. The molecule has 0 bridgehead atoms. The SMILES string of the molecule is OCCn1cc(CNc2ccccc2OC(F)(F)F)nn1. The Hall–Kier alpha value is -2.29. The second kappa shape index (κ2) is 6.44. The Bertz CT molecular complexity index is 586. The summed E-state index contributed by atoms with van der Waals surface area (Å²) in [5.41, 5.74) is 0.733. The molecular formula is C12H13F3N4O2. The van der Waals surface area contributed by atoms with Crippen molar-refractivity contribution in [2.24, 2.45) is 0 Å². The van der Waals surface area contributed by atoms with E-state index in [-0.39, 0.29) is 24.6 Å². The molecule has 0 unspecified atom stereocenters. The van der Waals surface area contributed by atoms with E-state index in [1.54, 1.807) is 12.3 Å². The lowest BCUT2D eigenvalue weighted by Gasteiger charge is -2.13. The number of halogens is 3. The minimum atomic E-state index is -4.75. The number of aromatic nitrogens is 3. The van der Waals surface area contributed by atoms with E-state index < -0.39 is 6.36 Å². The predicted molar refractivity (Wildman–Crippen MR) is 67.6 cm³/mol. The Balaban J connectivity index is 2.02. The number of hydrogen-bond donors (Lipinski definition) is 2. The van der Waals surface area contributed by atoms with Gasteiger partial charge in [-0.2, -0.15) is 0 Å². The Morgan fingerprint density at radius 2 is 2.05 bits per heavy atom. The van der Waals surface area contributed by atoms with Crippen molar-refractivity contribution in [3.63, 3.8) is 0 Å². The molecule has 2 rings (SSSR count). The lowest BCUT2D eigenvalue weighted by Crippen LogP contribution is -2.18. The van der Waals surface area contributed by atoms with Crippen molar-refractivity contribution in [2.75, 3.05) is 11.9 Å². The van der Waals surface area contributed by atoms with E-state index in [0.717, 1.165) is 0 Å². The van der Waals surface area contributed by atoms with Crippen LogP contribution in [0.2, 0.25) is 0 Å². The van der Waals surface area contributed by atoms with Gasteiger partial charge in [0.2, 0.25) is 0 Å². The monoisotopic (exact) mass is 302 g/mol. The maximum atomic E-state index is 12.3. The van der Waals surface area contributed by atoms with E-state index >= 15 is 0 Å². The van der Waals surface area contributed by atoms with E-state index in [2.05, 4.69) is 20.4 Å². The summed E-state index contributed by atoms with van der Waals surface area (Å²) in [6, 6.07) is 5.73. The zero-order valence-electron chi connectivity index (χ0n) is 10.8. The van der Waals surface area contributed by atoms with Gasteiger partial charge in [-0.3, -0.25) is 0 Å². The fourth-order valence-corrected chi connectivity index (χ4v) is 1.64. The first-order valence-corrected chi connectivity index (χ1v) is 6.06. The minimum absolute atomic E-state index is 0.0709. The molecule has 0 amide bonds. The summed E-state index contributed by atoms with van der Waals surface area (Å²) in [6.45, 7) is 0.420. The summed E-state index contributed by atoms with van der Waals surface area (Å²) in [5, 5.41) is 19.1. The number of ether oxygens (including phenoxy) is 1. The maximum Gasteiger partial charge on any atom is 0.573 e. The molecule has 1 aromatic carbocycles. The van der Waals surface area contributed by atoms with Crippen LogP contribution >= 0.6 is 0 Å². The lowest BCUT2D eigenvalue weighted by molar-refractivity contribution is -0.274. The average molecular weight is 302 g/mol. The smallest absolute Gasteiger partial charge is 0.404 e. The predicted octanol–water partition coefficient (Wildman–Crippen LogP) is 1.78. The molecule has 2 aromatic rings. The molecule has 6 nitrogen and oxygen atoms in total. The van der Waals surface area contributed by atoms with Gasteiger partial charge in [-0.1, -0.05) is 17.3 Å². The molecule has 1 heterocycles. The van der Waals surface area contributed by atoms with Crippen molar-refractivity contribution < 1.29 is 23.0 Å². The van der Waals surface area contributed by atoms with Crippen LogP contribution < -0.4 is 10.1 Å². The number of rotatable bonds is 6. The molecule has 0 aliphatic rings. The van der Waals surface area contributed by atoms with Crippen LogP contribution in [0.1, 0.15) is 5.69 Å². The summed E-state index contributed by atoms with van der Waals surface area (Å²) in [4.78, 5) is 0. The first-order chi connectivity index (χ1) is 9.98. The highest BCUT2D eigenvalue weighted by Gasteiger charge is 2.32. The molecule has 0 saturated heterocycles. The molecule has 0 spiro atoms. The second-order valence-electron chi connectivity index (χ2n) is 4.09. The number of aliphatic hydroxyl groups is 1. The van der Waals surface area contributed by atoms with Crippen LogP contribution in [0.15, 0.2) is 30.5 Å². The quantitative estimate of drug-likeness (QED) is 0.851. The highest BCUT2D eigenvalue weighted by atomic mass is 19.4. The summed E-state index contributed by atoms with van der Waals surface area (Å²) in [5.74, 6) is -0.312. The summed E-state index contributed by atoms with van der Waals surface area (Å²) in [6.07, 6.45) is -3.15. The zero-order chi connectivity index (χ0) is 15.3. The van der Waals surface area contributed by atoms with Gasteiger partial charge in [0.15, 0.2) is 5.75 Å². The number of aliphatic hydroxyl groups excluding tert-OH is 1. The van der Waals surface area contributed by atoms with Gasteiger partial charge in [-0.05, 0) is 12.1 Å². The van der Waals surface area contributed by atoms with E-state index in [1.807, 2.05) is 0 Å². The highest BCUT2D eigenvalue weighted by molar-refractivity contribution is 5.56. The van der Waals surface area contributed by atoms with Crippen molar-refractivity contribution >= 4 is 5.69 Å². The minimum Gasteiger partial charge on any atom is -0.404 e. The third-order valence-corrected chi connectivity index (χ3v) is 2.49. The molecule has 1 aromatic heterocycles. The van der Waals surface area contributed by atoms with Gasteiger partial charge in [0, 0.05) is 0 Å². The number of anilines is 1. The van der Waals surface area contributed by atoms with Crippen molar-refractivity contribution in [1.82, 2.24) is 15.0 Å². The van der Waals surface area contributed by atoms with Crippen LogP contribution in [0.4, 0.5) is 18.9 Å². The summed E-state index contributed by atoms with van der Waals surface area (Å²) in [7, 11) is 0. The summed E-state index contributed by atoms with van der Waals surface area (Å²) < 4.78 is 42.2. The standard InChI is InChI=1S/C12H13F3N4O2/c13-12(14,15)21-11-4-2-1-3-10(11)16-7-9-8-19(5-6-20)18-17-9/h1-4,8,16,20H,5-7H2. The van der Waals surface area contributed by atoms with Crippen LogP contribution in [-0.4, -0.2) is 33.1 Å². The number of nitrogens with one attached hydrogen (secondary N) is 1. The zero-order valence-corrected chi connectivity index (χ0v) is 10.8. The molecule has 0 aliphatic carbocycles. The topological polar surface area (TPSA) is 72.2 Å². The molecular weight excluding hydrogens is 289 g/mol. The van der Waals surface area contributed by atoms with Gasteiger partial charge in [0.25, 0.3) is 0 Å². The fraction of sp³-hybridized carbons (Fsp3) is 0.333. The first-order valence-electron chi connectivity index (χ1n) is 6.06. The van der Waals surface area contributed by atoms with E-state index in [9.17, 15) is 13.2 Å². The number of alkyl halides is 3. The number of para-hydroxylation sites is 2. The molecule has 0 saturated carbocycles. The molecule has 21 heavy (non-hydrogen) atoms. The highest BCUT2D eigenvalue weighted by Crippen LogP contribution is 2.30. The molecule has 0 atom stereocenters. The van der Waals surface area contributed by atoms with Crippen molar-refractivity contribution in [3.8, 4) is 5.75 Å². The third-order valence-electron chi connectivity index (χ3n) is 2.49. The third kappa shape index (κ3) is 4.63. The largest absolute Gasteiger partial charge is 0.573 e. The number of benzene rings is 1. The van der Waals surface area contributed by atoms with Crippen LogP contribution in [0.3, 0.4) is 0 Å².